The molecule has 6 heteroatoms. The second-order valence-electron chi connectivity index (χ2n) is 6.35. The quantitative estimate of drug-likeness (QED) is 0.906. The maximum Gasteiger partial charge on any atom is 0.240 e. The number of rotatable bonds is 2. The van der Waals surface area contributed by atoms with Crippen LogP contribution < -0.4 is 5.32 Å². The molecule has 2 aliphatic rings. The first-order chi connectivity index (χ1) is 11.8. The van der Waals surface area contributed by atoms with E-state index in [-0.39, 0.29) is 17.2 Å². The standard InChI is InChI=1S/C18H22N4OS/c1-21-9-8-20-17(21)15-12-19-7-10-22(15)18(23)16-14-5-3-2-4-13(14)6-11-24-16/h2-5,8-9,15-16,19H,6-7,10-12H2,1H3. The molecule has 0 radical (unpaired) electrons. The molecule has 5 nitrogen and oxygen atoms in total. The summed E-state index contributed by atoms with van der Waals surface area (Å²) in [7, 11) is 1.99. The van der Waals surface area contributed by atoms with Crippen molar-refractivity contribution < 1.29 is 4.79 Å². The van der Waals surface area contributed by atoms with E-state index in [1.54, 1.807) is 18.0 Å². The minimum absolute atomic E-state index is 0.000869. The van der Waals surface area contributed by atoms with Crippen LogP contribution in [-0.2, 0) is 18.3 Å². The lowest BCUT2D eigenvalue weighted by molar-refractivity contribution is -0.134. The molecule has 1 aromatic heterocycles. The molecule has 4 rings (SSSR count). The number of nitrogens with zero attached hydrogens (tertiary/aromatic N) is 3. The van der Waals surface area contributed by atoms with Crippen LogP contribution in [-0.4, -0.2) is 45.7 Å². The third kappa shape index (κ3) is 2.74. The Morgan fingerprint density at radius 2 is 2.25 bits per heavy atom. The minimum atomic E-state index is -0.0872. The van der Waals surface area contributed by atoms with Crippen molar-refractivity contribution in [2.45, 2.75) is 17.7 Å². The van der Waals surface area contributed by atoms with Gasteiger partial charge in [0.25, 0.3) is 0 Å². The maximum absolute atomic E-state index is 13.4. The number of fused-ring (bicyclic) bond motifs is 1. The second kappa shape index (κ2) is 6.61. The Bertz CT molecular complexity index is 744. The number of aryl methyl sites for hydroxylation is 2. The number of carbonyl (C=O) groups is 1. The number of carbonyl (C=O) groups excluding carboxylic acids is 1. The van der Waals surface area contributed by atoms with Gasteiger partial charge in [-0.2, -0.15) is 0 Å². The van der Waals surface area contributed by atoms with Gasteiger partial charge in [-0.15, -0.1) is 11.8 Å². The van der Waals surface area contributed by atoms with Gasteiger partial charge in [0, 0.05) is 39.1 Å². The minimum Gasteiger partial charge on any atom is -0.336 e. The van der Waals surface area contributed by atoms with E-state index in [4.69, 9.17) is 0 Å². The fraction of sp³-hybridized carbons (Fsp3) is 0.444. The number of hydrogen-bond donors (Lipinski definition) is 1. The summed E-state index contributed by atoms with van der Waals surface area (Å²) in [5.74, 6) is 2.18. The highest BCUT2D eigenvalue weighted by Gasteiger charge is 2.36. The lowest BCUT2D eigenvalue weighted by Crippen LogP contribution is -2.50. The van der Waals surface area contributed by atoms with Crippen molar-refractivity contribution in [2.75, 3.05) is 25.4 Å². The molecular weight excluding hydrogens is 320 g/mol. The predicted octanol–water partition coefficient (Wildman–Crippen LogP) is 1.92. The molecule has 2 unspecified atom stereocenters. The van der Waals surface area contributed by atoms with Crippen LogP contribution >= 0.6 is 11.8 Å². The number of piperazine rings is 1. The van der Waals surface area contributed by atoms with Crippen molar-refractivity contribution in [3.05, 3.63) is 53.6 Å². The molecule has 0 saturated carbocycles. The van der Waals surface area contributed by atoms with E-state index in [0.29, 0.717) is 0 Å². The van der Waals surface area contributed by atoms with Crippen molar-refractivity contribution in [3.63, 3.8) is 0 Å². The van der Waals surface area contributed by atoms with E-state index in [1.165, 1.54) is 11.1 Å². The summed E-state index contributed by atoms with van der Waals surface area (Å²) in [5, 5.41) is 3.32. The Balaban J connectivity index is 1.64. The molecule has 0 aliphatic carbocycles. The van der Waals surface area contributed by atoms with Crippen molar-refractivity contribution in [1.82, 2.24) is 19.8 Å². The normalized spacial score (nSPS) is 23.8. The van der Waals surface area contributed by atoms with E-state index < -0.39 is 0 Å². The number of imidazole rings is 1. The van der Waals surface area contributed by atoms with Crippen LogP contribution in [0, 0.1) is 0 Å². The second-order valence-corrected chi connectivity index (χ2v) is 7.56. The van der Waals surface area contributed by atoms with Gasteiger partial charge in [0.1, 0.15) is 17.1 Å². The van der Waals surface area contributed by atoms with E-state index in [9.17, 15) is 4.79 Å². The summed E-state index contributed by atoms with van der Waals surface area (Å²) >= 11 is 1.77. The molecule has 0 bridgehead atoms. The molecule has 2 aliphatic heterocycles. The fourth-order valence-electron chi connectivity index (χ4n) is 3.65. The summed E-state index contributed by atoms with van der Waals surface area (Å²) in [4.78, 5) is 19.9. The highest BCUT2D eigenvalue weighted by molar-refractivity contribution is 8.00. The SMILES string of the molecule is Cn1ccnc1C1CNCCN1C(=O)C1SCCc2ccccc21. The van der Waals surface area contributed by atoms with Crippen LogP contribution in [0.5, 0.6) is 0 Å². The Morgan fingerprint density at radius 1 is 1.38 bits per heavy atom. The predicted molar refractivity (Wildman–Crippen MR) is 95.9 cm³/mol. The van der Waals surface area contributed by atoms with E-state index in [2.05, 4.69) is 28.5 Å². The van der Waals surface area contributed by atoms with Crippen molar-refractivity contribution in [3.8, 4) is 0 Å². The zero-order chi connectivity index (χ0) is 16.5. The summed E-state index contributed by atoms with van der Waals surface area (Å²) in [6.07, 6.45) is 4.80. The number of benzene rings is 1. The first-order valence-electron chi connectivity index (χ1n) is 8.43. The van der Waals surface area contributed by atoms with Crippen LogP contribution in [0.15, 0.2) is 36.7 Å². The van der Waals surface area contributed by atoms with Gasteiger partial charge in [-0.3, -0.25) is 4.79 Å². The van der Waals surface area contributed by atoms with Crippen molar-refractivity contribution in [2.24, 2.45) is 7.05 Å². The molecule has 2 atom stereocenters. The lowest BCUT2D eigenvalue weighted by Gasteiger charge is -2.38. The molecular formula is C18H22N4OS. The number of aromatic nitrogens is 2. The first-order valence-corrected chi connectivity index (χ1v) is 9.48. The van der Waals surface area contributed by atoms with Crippen LogP contribution in [0.1, 0.15) is 28.2 Å². The molecule has 2 aromatic rings. The Kier molecular flexibility index (Phi) is 4.33. The highest BCUT2D eigenvalue weighted by atomic mass is 32.2. The van der Waals surface area contributed by atoms with Crippen LogP contribution in [0.25, 0.3) is 0 Å². The Morgan fingerprint density at radius 3 is 3.08 bits per heavy atom. The van der Waals surface area contributed by atoms with Crippen molar-refractivity contribution in [1.29, 1.82) is 0 Å². The van der Waals surface area contributed by atoms with Crippen molar-refractivity contribution >= 4 is 17.7 Å². The maximum atomic E-state index is 13.4. The zero-order valence-corrected chi connectivity index (χ0v) is 14.6. The summed E-state index contributed by atoms with van der Waals surface area (Å²) in [6.45, 7) is 2.33. The highest BCUT2D eigenvalue weighted by Crippen LogP contribution is 2.39. The average molecular weight is 342 g/mol. The molecule has 1 N–H and O–H groups in total. The monoisotopic (exact) mass is 342 g/mol. The van der Waals surface area contributed by atoms with Gasteiger partial charge in [0.05, 0.1) is 0 Å². The van der Waals surface area contributed by atoms with Gasteiger partial charge in [-0.25, -0.2) is 4.98 Å². The van der Waals surface area contributed by atoms with E-state index in [1.807, 2.05) is 28.8 Å². The van der Waals surface area contributed by atoms with Gasteiger partial charge in [-0.05, 0) is 23.3 Å². The molecule has 3 heterocycles. The smallest absolute Gasteiger partial charge is 0.240 e. The van der Waals surface area contributed by atoms with Gasteiger partial charge in [0.2, 0.25) is 5.91 Å². The van der Waals surface area contributed by atoms with E-state index >= 15 is 0 Å². The molecule has 1 saturated heterocycles. The summed E-state index contributed by atoms with van der Waals surface area (Å²) in [5.41, 5.74) is 2.51. The Labute approximate surface area is 146 Å². The zero-order valence-electron chi connectivity index (χ0n) is 13.8. The molecule has 24 heavy (non-hydrogen) atoms. The van der Waals surface area contributed by atoms with Gasteiger partial charge >= 0.3 is 0 Å². The molecule has 1 fully saturated rings. The number of thioether (sulfide) groups is 1. The summed E-state index contributed by atoms with van der Waals surface area (Å²) < 4.78 is 2.01. The number of nitrogens with one attached hydrogen (secondary N) is 1. The van der Waals surface area contributed by atoms with Crippen LogP contribution in [0.2, 0.25) is 0 Å². The van der Waals surface area contributed by atoms with Gasteiger partial charge in [-0.1, -0.05) is 24.3 Å². The molecule has 0 spiro atoms. The third-order valence-corrected chi connectivity index (χ3v) is 6.13. The van der Waals surface area contributed by atoms with Gasteiger partial charge < -0.3 is 14.8 Å². The summed E-state index contributed by atoms with van der Waals surface area (Å²) in [6, 6.07) is 8.38. The average Bonchev–Trinajstić information content (AvgIpc) is 3.06. The van der Waals surface area contributed by atoms with Gasteiger partial charge in [0.15, 0.2) is 0 Å². The lowest BCUT2D eigenvalue weighted by atomic mass is 10.00. The molecule has 126 valence electrons. The van der Waals surface area contributed by atoms with Crippen LogP contribution in [0.4, 0.5) is 0 Å². The van der Waals surface area contributed by atoms with E-state index in [0.717, 1.165) is 37.6 Å². The molecule has 1 aromatic carbocycles. The van der Waals surface area contributed by atoms with Crippen LogP contribution in [0.3, 0.4) is 0 Å². The Hall–Kier alpha value is -1.79. The third-order valence-electron chi connectivity index (χ3n) is 4.90. The fourth-order valence-corrected chi connectivity index (χ4v) is 4.91. The molecule has 1 amide bonds. The number of hydrogen-bond acceptors (Lipinski definition) is 4. The number of amides is 1. The first kappa shape index (κ1) is 15.7. The largest absolute Gasteiger partial charge is 0.336 e. The topological polar surface area (TPSA) is 50.2 Å².